The Balaban J connectivity index is 2.00. The lowest BCUT2D eigenvalue weighted by Gasteiger charge is -2.41. The van der Waals surface area contributed by atoms with E-state index < -0.39 is 0 Å². The van der Waals surface area contributed by atoms with Gasteiger partial charge in [0, 0.05) is 24.7 Å². The van der Waals surface area contributed by atoms with E-state index in [2.05, 4.69) is 18.2 Å². The fraction of sp³-hybridized carbons (Fsp3) is 0.500. The van der Waals surface area contributed by atoms with Gasteiger partial charge in [0.2, 0.25) is 5.91 Å². The standard InChI is InChI=1S/C14H18N2O/c1-16-12-4-3-11(7-10(12)8-13(16)17)14(9-15)5-2-6-14/h3-4,7H,2,5-6,8-9,15H2,1H3. The molecule has 2 aliphatic rings. The van der Waals surface area contributed by atoms with E-state index >= 15 is 0 Å². The summed E-state index contributed by atoms with van der Waals surface area (Å²) in [5.74, 6) is 0.188. The number of anilines is 1. The van der Waals surface area contributed by atoms with Gasteiger partial charge >= 0.3 is 0 Å². The summed E-state index contributed by atoms with van der Waals surface area (Å²) < 4.78 is 0. The lowest BCUT2D eigenvalue weighted by molar-refractivity contribution is -0.117. The molecule has 0 atom stereocenters. The van der Waals surface area contributed by atoms with E-state index in [9.17, 15) is 4.79 Å². The molecule has 1 aliphatic heterocycles. The van der Waals surface area contributed by atoms with Crippen molar-refractivity contribution in [1.82, 2.24) is 0 Å². The molecule has 1 amide bonds. The molecule has 17 heavy (non-hydrogen) atoms. The molecule has 3 nitrogen and oxygen atoms in total. The summed E-state index contributed by atoms with van der Waals surface area (Å²) in [4.78, 5) is 13.4. The highest BCUT2D eigenvalue weighted by Gasteiger charge is 2.38. The molecular weight excluding hydrogens is 212 g/mol. The summed E-state index contributed by atoms with van der Waals surface area (Å²) in [6.45, 7) is 0.718. The smallest absolute Gasteiger partial charge is 0.231 e. The first kappa shape index (κ1) is 10.8. The van der Waals surface area contributed by atoms with Crippen molar-refractivity contribution in [2.24, 2.45) is 5.73 Å². The van der Waals surface area contributed by atoms with Gasteiger partial charge in [-0.2, -0.15) is 0 Å². The molecule has 0 aromatic heterocycles. The van der Waals surface area contributed by atoms with E-state index in [0.29, 0.717) is 6.42 Å². The summed E-state index contributed by atoms with van der Waals surface area (Å²) in [5, 5.41) is 0. The summed E-state index contributed by atoms with van der Waals surface area (Å²) in [7, 11) is 1.84. The van der Waals surface area contributed by atoms with Crippen LogP contribution in [0.4, 0.5) is 5.69 Å². The quantitative estimate of drug-likeness (QED) is 0.838. The van der Waals surface area contributed by atoms with Crippen LogP contribution in [0.1, 0.15) is 30.4 Å². The zero-order valence-electron chi connectivity index (χ0n) is 10.2. The van der Waals surface area contributed by atoms with Crippen LogP contribution in [0, 0.1) is 0 Å². The molecule has 3 heteroatoms. The van der Waals surface area contributed by atoms with Crippen molar-refractivity contribution < 1.29 is 4.79 Å². The number of amides is 1. The topological polar surface area (TPSA) is 46.3 Å². The normalized spacial score (nSPS) is 21.3. The maximum absolute atomic E-state index is 11.6. The number of likely N-dealkylation sites (N-methyl/N-ethyl adjacent to an activating group) is 1. The van der Waals surface area contributed by atoms with Crippen LogP contribution in [0.5, 0.6) is 0 Å². The van der Waals surface area contributed by atoms with Gasteiger partial charge in [-0.25, -0.2) is 0 Å². The van der Waals surface area contributed by atoms with E-state index in [1.807, 2.05) is 7.05 Å². The SMILES string of the molecule is CN1C(=O)Cc2cc(C3(CN)CCC3)ccc21. The number of rotatable bonds is 2. The van der Waals surface area contributed by atoms with Gasteiger partial charge in [-0.1, -0.05) is 18.6 Å². The van der Waals surface area contributed by atoms with Crippen LogP contribution >= 0.6 is 0 Å². The molecule has 3 rings (SSSR count). The Morgan fingerprint density at radius 1 is 1.41 bits per heavy atom. The van der Waals surface area contributed by atoms with Gasteiger partial charge in [0.05, 0.1) is 6.42 Å². The zero-order valence-corrected chi connectivity index (χ0v) is 10.2. The van der Waals surface area contributed by atoms with Crippen LogP contribution in [0.2, 0.25) is 0 Å². The lowest BCUT2D eigenvalue weighted by Crippen LogP contribution is -2.41. The van der Waals surface area contributed by atoms with Crippen LogP contribution < -0.4 is 10.6 Å². The van der Waals surface area contributed by atoms with Gasteiger partial charge in [-0.3, -0.25) is 4.79 Å². The maximum atomic E-state index is 11.6. The first-order valence-electron chi connectivity index (χ1n) is 6.26. The molecule has 0 bridgehead atoms. The summed E-state index contributed by atoms with van der Waals surface area (Å²) in [6, 6.07) is 6.42. The molecule has 1 heterocycles. The van der Waals surface area contributed by atoms with Gasteiger partial charge in [0.15, 0.2) is 0 Å². The Morgan fingerprint density at radius 2 is 2.18 bits per heavy atom. The van der Waals surface area contributed by atoms with Crippen LogP contribution in [0.25, 0.3) is 0 Å². The van der Waals surface area contributed by atoms with Gasteiger partial charge in [0.25, 0.3) is 0 Å². The molecule has 1 saturated carbocycles. The number of fused-ring (bicyclic) bond motifs is 1. The van der Waals surface area contributed by atoms with Crippen molar-refractivity contribution in [2.45, 2.75) is 31.1 Å². The fourth-order valence-corrected chi connectivity index (χ4v) is 3.01. The number of benzene rings is 1. The Morgan fingerprint density at radius 3 is 2.76 bits per heavy atom. The summed E-state index contributed by atoms with van der Waals surface area (Å²) in [6.07, 6.45) is 4.19. The third-order valence-electron chi connectivity index (χ3n) is 4.47. The maximum Gasteiger partial charge on any atom is 0.231 e. The van der Waals surface area contributed by atoms with E-state index in [1.165, 1.54) is 24.8 Å². The van der Waals surface area contributed by atoms with Crippen molar-refractivity contribution in [1.29, 1.82) is 0 Å². The highest BCUT2D eigenvalue weighted by Crippen LogP contribution is 2.44. The molecule has 0 spiro atoms. The van der Waals surface area contributed by atoms with Crippen LogP contribution in [-0.2, 0) is 16.6 Å². The minimum atomic E-state index is 0.188. The van der Waals surface area contributed by atoms with Crippen molar-refractivity contribution >= 4 is 11.6 Å². The second kappa shape index (κ2) is 3.57. The Bertz CT molecular complexity index is 472. The first-order valence-corrected chi connectivity index (χ1v) is 6.26. The number of carbonyl (C=O) groups is 1. The van der Waals surface area contributed by atoms with Gasteiger partial charge in [0.1, 0.15) is 0 Å². The minimum Gasteiger partial charge on any atom is -0.330 e. The predicted molar refractivity (Wildman–Crippen MR) is 68.1 cm³/mol. The average molecular weight is 230 g/mol. The molecule has 1 aromatic carbocycles. The molecule has 1 aliphatic carbocycles. The number of hydrogen-bond donors (Lipinski definition) is 1. The van der Waals surface area contributed by atoms with Gasteiger partial charge in [-0.05, 0) is 30.0 Å². The molecule has 1 aromatic rings. The monoisotopic (exact) mass is 230 g/mol. The number of nitrogens with zero attached hydrogens (tertiary/aromatic N) is 1. The lowest BCUT2D eigenvalue weighted by atomic mass is 9.64. The Kier molecular flexibility index (Phi) is 2.26. The summed E-state index contributed by atoms with van der Waals surface area (Å²) in [5.41, 5.74) is 9.67. The van der Waals surface area contributed by atoms with Crippen LogP contribution in [-0.4, -0.2) is 19.5 Å². The zero-order chi connectivity index (χ0) is 12.0. The van der Waals surface area contributed by atoms with Crippen molar-refractivity contribution in [3.05, 3.63) is 29.3 Å². The molecule has 2 N–H and O–H groups in total. The number of carbonyl (C=O) groups excluding carboxylic acids is 1. The minimum absolute atomic E-state index is 0.188. The van der Waals surface area contributed by atoms with Gasteiger partial charge in [-0.15, -0.1) is 0 Å². The van der Waals surface area contributed by atoms with Crippen LogP contribution in [0.15, 0.2) is 18.2 Å². The molecule has 0 radical (unpaired) electrons. The summed E-state index contributed by atoms with van der Waals surface area (Å²) >= 11 is 0. The van der Waals surface area contributed by atoms with E-state index in [4.69, 9.17) is 5.73 Å². The van der Waals surface area contributed by atoms with Crippen molar-refractivity contribution in [2.75, 3.05) is 18.5 Å². The fourth-order valence-electron chi connectivity index (χ4n) is 3.01. The van der Waals surface area contributed by atoms with Gasteiger partial charge < -0.3 is 10.6 Å². The van der Waals surface area contributed by atoms with E-state index in [-0.39, 0.29) is 11.3 Å². The highest BCUT2D eigenvalue weighted by molar-refractivity contribution is 6.00. The van der Waals surface area contributed by atoms with E-state index in [1.54, 1.807) is 4.90 Å². The largest absolute Gasteiger partial charge is 0.330 e. The number of nitrogens with two attached hydrogens (primary N) is 1. The molecule has 0 saturated heterocycles. The Hall–Kier alpha value is -1.35. The third-order valence-corrected chi connectivity index (χ3v) is 4.47. The molecule has 1 fully saturated rings. The Labute approximate surface area is 102 Å². The van der Waals surface area contributed by atoms with Crippen molar-refractivity contribution in [3.63, 3.8) is 0 Å². The second-order valence-electron chi connectivity index (χ2n) is 5.31. The molecule has 90 valence electrons. The third kappa shape index (κ3) is 1.42. The second-order valence-corrected chi connectivity index (χ2v) is 5.31. The molecule has 0 unspecified atom stereocenters. The number of hydrogen-bond acceptors (Lipinski definition) is 2. The average Bonchev–Trinajstić information content (AvgIpc) is 2.54. The van der Waals surface area contributed by atoms with Crippen molar-refractivity contribution in [3.8, 4) is 0 Å². The van der Waals surface area contributed by atoms with Crippen LogP contribution in [0.3, 0.4) is 0 Å². The predicted octanol–water partition coefficient (Wildman–Crippen LogP) is 1.59. The molecular formula is C14H18N2O. The highest BCUT2D eigenvalue weighted by atomic mass is 16.2. The first-order chi connectivity index (χ1) is 8.16. The van der Waals surface area contributed by atoms with E-state index in [0.717, 1.165) is 17.8 Å².